The molecule has 126 valence electrons. The van der Waals surface area contributed by atoms with Crippen molar-refractivity contribution in [1.82, 2.24) is 14.5 Å². The first kappa shape index (κ1) is 17.2. The number of nitrogens with one attached hydrogen (secondary N) is 1. The number of hydrogen-bond donors (Lipinski definition) is 1. The molecule has 0 bridgehead atoms. The standard InChI is InChI=1S/C13H23N3O5S/c1-22(19,20)16-5-2-11(3-6-16)13(18)14-4-7-15-8-9-21-10-12(15)17/h11H,2-10H2,1H3,(H,14,18). The summed E-state index contributed by atoms with van der Waals surface area (Å²) in [5.41, 5.74) is 0. The minimum absolute atomic E-state index is 0.0537. The molecule has 2 aliphatic rings. The maximum atomic E-state index is 12.1. The average molecular weight is 333 g/mol. The van der Waals surface area contributed by atoms with Gasteiger partial charge in [0.1, 0.15) is 6.61 Å². The number of carbonyl (C=O) groups excluding carboxylic acids is 2. The number of sulfonamides is 1. The average Bonchev–Trinajstić information content (AvgIpc) is 2.48. The van der Waals surface area contributed by atoms with E-state index in [0.29, 0.717) is 52.2 Å². The molecule has 0 aromatic rings. The highest BCUT2D eigenvalue weighted by molar-refractivity contribution is 7.88. The summed E-state index contributed by atoms with van der Waals surface area (Å²) in [7, 11) is -3.17. The Hall–Kier alpha value is -1.19. The minimum Gasteiger partial charge on any atom is -0.370 e. The van der Waals surface area contributed by atoms with Gasteiger partial charge < -0.3 is 15.0 Å². The summed E-state index contributed by atoms with van der Waals surface area (Å²) in [6.07, 6.45) is 2.26. The molecule has 0 atom stereocenters. The Labute approximate surface area is 130 Å². The zero-order valence-corrected chi connectivity index (χ0v) is 13.6. The van der Waals surface area contributed by atoms with Crippen LogP contribution >= 0.6 is 0 Å². The van der Waals surface area contributed by atoms with Crippen molar-refractivity contribution in [1.29, 1.82) is 0 Å². The molecule has 22 heavy (non-hydrogen) atoms. The van der Waals surface area contributed by atoms with Gasteiger partial charge in [0.2, 0.25) is 21.8 Å². The van der Waals surface area contributed by atoms with Crippen molar-refractivity contribution in [3.05, 3.63) is 0 Å². The van der Waals surface area contributed by atoms with Crippen molar-refractivity contribution in [3.8, 4) is 0 Å². The van der Waals surface area contributed by atoms with E-state index in [1.165, 1.54) is 10.6 Å². The number of hydrogen-bond acceptors (Lipinski definition) is 5. The van der Waals surface area contributed by atoms with Gasteiger partial charge in [-0.05, 0) is 12.8 Å². The van der Waals surface area contributed by atoms with Gasteiger partial charge in [0, 0.05) is 38.6 Å². The lowest BCUT2D eigenvalue weighted by Gasteiger charge is -2.30. The topological polar surface area (TPSA) is 96.0 Å². The van der Waals surface area contributed by atoms with Crippen molar-refractivity contribution in [3.63, 3.8) is 0 Å². The molecular weight excluding hydrogens is 310 g/mol. The SMILES string of the molecule is CS(=O)(=O)N1CCC(C(=O)NCCN2CCOCC2=O)CC1. The van der Waals surface area contributed by atoms with Crippen LogP contribution in [0.25, 0.3) is 0 Å². The first-order valence-corrected chi connectivity index (χ1v) is 9.31. The lowest BCUT2D eigenvalue weighted by Crippen LogP contribution is -2.47. The predicted octanol–water partition coefficient (Wildman–Crippen LogP) is -1.37. The number of nitrogens with zero attached hydrogens (tertiary/aromatic N) is 2. The van der Waals surface area contributed by atoms with E-state index < -0.39 is 10.0 Å². The van der Waals surface area contributed by atoms with Crippen LogP contribution in [0.4, 0.5) is 0 Å². The van der Waals surface area contributed by atoms with Crippen LogP contribution in [-0.2, 0) is 24.3 Å². The van der Waals surface area contributed by atoms with Crippen molar-refractivity contribution in [2.24, 2.45) is 5.92 Å². The molecule has 2 saturated heterocycles. The number of piperidine rings is 1. The van der Waals surface area contributed by atoms with Crippen LogP contribution in [-0.4, -0.2) is 81.6 Å². The van der Waals surface area contributed by atoms with Crippen LogP contribution in [0.3, 0.4) is 0 Å². The molecule has 2 rings (SSSR count). The molecule has 2 heterocycles. The maximum absolute atomic E-state index is 12.1. The van der Waals surface area contributed by atoms with E-state index in [0.717, 1.165) is 0 Å². The van der Waals surface area contributed by atoms with Crippen LogP contribution in [0.2, 0.25) is 0 Å². The Morgan fingerprint density at radius 2 is 2.00 bits per heavy atom. The van der Waals surface area contributed by atoms with Gasteiger partial charge in [-0.2, -0.15) is 0 Å². The zero-order valence-electron chi connectivity index (χ0n) is 12.8. The zero-order chi connectivity index (χ0) is 16.2. The summed E-state index contributed by atoms with van der Waals surface area (Å²) in [5, 5.41) is 2.83. The highest BCUT2D eigenvalue weighted by Crippen LogP contribution is 2.19. The fourth-order valence-electron chi connectivity index (χ4n) is 2.69. The molecule has 0 radical (unpaired) electrons. The maximum Gasteiger partial charge on any atom is 0.248 e. The molecule has 8 nitrogen and oxygen atoms in total. The predicted molar refractivity (Wildman–Crippen MR) is 79.5 cm³/mol. The molecule has 2 fully saturated rings. The van der Waals surface area contributed by atoms with E-state index in [9.17, 15) is 18.0 Å². The molecule has 0 spiro atoms. The highest BCUT2D eigenvalue weighted by atomic mass is 32.2. The molecule has 1 N–H and O–H groups in total. The fraction of sp³-hybridized carbons (Fsp3) is 0.846. The van der Waals surface area contributed by atoms with E-state index in [4.69, 9.17) is 4.74 Å². The van der Waals surface area contributed by atoms with E-state index in [1.54, 1.807) is 4.90 Å². The fourth-order valence-corrected chi connectivity index (χ4v) is 3.57. The summed E-state index contributed by atoms with van der Waals surface area (Å²) in [6.45, 7) is 2.87. The third-order valence-electron chi connectivity index (χ3n) is 4.06. The van der Waals surface area contributed by atoms with Gasteiger partial charge in [-0.1, -0.05) is 0 Å². The van der Waals surface area contributed by atoms with Gasteiger partial charge in [-0.25, -0.2) is 12.7 Å². The van der Waals surface area contributed by atoms with Crippen molar-refractivity contribution < 1.29 is 22.7 Å². The largest absolute Gasteiger partial charge is 0.370 e. The van der Waals surface area contributed by atoms with E-state index >= 15 is 0 Å². The van der Waals surface area contributed by atoms with Crippen molar-refractivity contribution in [2.75, 3.05) is 52.2 Å². The lowest BCUT2D eigenvalue weighted by atomic mass is 9.97. The first-order valence-electron chi connectivity index (χ1n) is 7.46. The number of amides is 2. The van der Waals surface area contributed by atoms with Gasteiger partial charge in [0.25, 0.3) is 0 Å². The van der Waals surface area contributed by atoms with Crippen LogP contribution in [0.5, 0.6) is 0 Å². The van der Waals surface area contributed by atoms with Crippen molar-refractivity contribution in [2.45, 2.75) is 12.8 Å². The van der Waals surface area contributed by atoms with E-state index in [-0.39, 0.29) is 24.3 Å². The lowest BCUT2D eigenvalue weighted by molar-refractivity contribution is -0.142. The van der Waals surface area contributed by atoms with Crippen LogP contribution in [0, 0.1) is 5.92 Å². The monoisotopic (exact) mass is 333 g/mol. The van der Waals surface area contributed by atoms with E-state index in [2.05, 4.69) is 5.32 Å². The molecule has 0 unspecified atom stereocenters. The Balaban J connectivity index is 1.69. The Bertz CT molecular complexity index is 514. The van der Waals surface area contributed by atoms with Gasteiger partial charge in [0.05, 0.1) is 12.9 Å². The van der Waals surface area contributed by atoms with Crippen molar-refractivity contribution >= 4 is 21.8 Å². The first-order chi connectivity index (χ1) is 10.4. The molecule has 2 amide bonds. The summed E-state index contributed by atoms with van der Waals surface area (Å²) < 4.78 is 29.3. The van der Waals surface area contributed by atoms with Crippen LogP contribution in [0.1, 0.15) is 12.8 Å². The summed E-state index contributed by atoms with van der Waals surface area (Å²) >= 11 is 0. The number of ether oxygens (including phenoxy) is 1. The summed E-state index contributed by atoms with van der Waals surface area (Å²) in [5.74, 6) is -0.269. The van der Waals surface area contributed by atoms with E-state index in [1.807, 2.05) is 0 Å². The smallest absolute Gasteiger partial charge is 0.248 e. The highest BCUT2D eigenvalue weighted by Gasteiger charge is 2.28. The molecule has 0 aromatic heterocycles. The molecule has 9 heteroatoms. The number of morpholine rings is 1. The Morgan fingerprint density at radius 3 is 2.59 bits per heavy atom. The number of rotatable bonds is 5. The molecule has 0 aromatic carbocycles. The van der Waals surface area contributed by atoms with Gasteiger partial charge in [-0.15, -0.1) is 0 Å². The quantitative estimate of drug-likeness (QED) is 0.670. The number of carbonyl (C=O) groups is 2. The van der Waals surface area contributed by atoms with Crippen LogP contribution < -0.4 is 5.32 Å². The molecule has 0 aliphatic carbocycles. The molecular formula is C13H23N3O5S. The van der Waals surface area contributed by atoms with Gasteiger partial charge >= 0.3 is 0 Å². The molecule has 2 aliphatic heterocycles. The third-order valence-corrected chi connectivity index (χ3v) is 5.36. The molecule has 0 saturated carbocycles. The third kappa shape index (κ3) is 4.65. The minimum atomic E-state index is -3.17. The second kappa shape index (κ2) is 7.38. The second-order valence-corrected chi connectivity index (χ2v) is 7.64. The Kier molecular flexibility index (Phi) is 5.76. The summed E-state index contributed by atoms with van der Waals surface area (Å²) in [4.78, 5) is 25.3. The van der Waals surface area contributed by atoms with Crippen LogP contribution in [0.15, 0.2) is 0 Å². The summed E-state index contributed by atoms with van der Waals surface area (Å²) in [6, 6.07) is 0. The van der Waals surface area contributed by atoms with Gasteiger partial charge in [0.15, 0.2) is 0 Å². The normalized spacial score (nSPS) is 21.9. The van der Waals surface area contributed by atoms with Gasteiger partial charge in [-0.3, -0.25) is 9.59 Å². The Morgan fingerprint density at radius 1 is 1.32 bits per heavy atom. The second-order valence-electron chi connectivity index (χ2n) is 5.66.